The molecule has 0 aliphatic carbocycles. The average molecular weight is 286 g/mol. The highest BCUT2D eigenvalue weighted by molar-refractivity contribution is 5.87. The van der Waals surface area contributed by atoms with Crippen molar-refractivity contribution in [3.8, 4) is 11.5 Å². The first-order valence-electron chi connectivity index (χ1n) is 6.38. The Hall–Kier alpha value is -2.76. The first-order chi connectivity index (χ1) is 10.2. The minimum Gasteiger partial charge on any atom is -0.493 e. The lowest BCUT2D eigenvalue weighted by Gasteiger charge is -2.10. The summed E-state index contributed by atoms with van der Waals surface area (Å²) in [4.78, 5) is 12.0. The van der Waals surface area contributed by atoms with Crippen molar-refractivity contribution in [3.05, 3.63) is 52.3 Å². The molecule has 0 aliphatic rings. The maximum atomic E-state index is 12.0. The molecule has 0 radical (unpaired) electrons. The van der Waals surface area contributed by atoms with E-state index in [1.165, 1.54) is 7.11 Å². The number of nitrogens with zero attached hydrogens (tertiary/aromatic N) is 1. The Bertz CT molecular complexity index is 822. The van der Waals surface area contributed by atoms with Gasteiger partial charge in [0.25, 0.3) is 5.56 Å². The molecule has 0 saturated carbocycles. The van der Waals surface area contributed by atoms with Gasteiger partial charge in [-0.2, -0.15) is 5.10 Å². The molecule has 0 saturated heterocycles. The largest absolute Gasteiger partial charge is 0.493 e. The summed E-state index contributed by atoms with van der Waals surface area (Å²) in [5.74, 6) is 1.83. The van der Waals surface area contributed by atoms with Crippen LogP contribution in [0.15, 0.2) is 39.7 Å². The summed E-state index contributed by atoms with van der Waals surface area (Å²) >= 11 is 0. The number of fused-ring (bicyclic) bond motifs is 1. The second-order valence-corrected chi connectivity index (χ2v) is 4.51. The molecule has 0 amide bonds. The zero-order chi connectivity index (χ0) is 14.8. The smallest absolute Gasteiger partial charge is 0.272 e. The van der Waals surface area contributed by atoms with E-state index in [1.807, 2.05) is 12.1 Å². The average Bonchev–Trinajstić information content (AvgIpc) is 3.02. The van der Waals surface area contributed by atoms with E-state index in [1.54, 1.807) is 25.5 Å². The van der Waals surface area contributed by atoms with E-state index in [9.17, 15) is 4.79 Å². The summed E-state index contributed by atoms with van der Waals surface area (Å²) in [5, 5.41) is 7.84. The van der Waals surface area contributed by atoms with Crippen LogP contribution < -0.4 is 15.0 Å². The Labute approximate surface area is 120 Å². The molecule has 6 nitrogen and oxygen atoms in total. The topological polar surface area (TPSA) is 77.4 Å². The van der Waals surface area contributed by atoms with Gasteiger partial charge in [0, 0.05) is 5.39 Å². The van der Waals surface area contributed by atoms with Gasteiger partial charge in [-0.15, -0.1) is 0 Å². The molecular formula is C15H14N2O4. The molecule has 0 unspecified atom stereocenters. The van der Waals surface area contributed by atoms with Crippen molar-refractivity contribution in [2.45, 2.75) is 6.42 Å². The number of rotatable bonds is 4. The Morgan fingerprint density at radius 3 is 2.52 bits per heavy atom. The number of hydrogen-bond donors (Lipinski definition) is 1. The van der Waals surface area contributed by atoms with Crippen molar-refractivity contribution in [1.82, 2.24) is 10.2 Å². The Kier molecular flexibility index (Phi) is 3.35. The second-order valence-electron chi connectivity index (χ2n) is 4.51. The van der Waals surface area contributed by atoms with Crippen LogP contribution >= 0.6 is 0 Å². The van der Waals surface area contributed by atoms with Gasteiger partial charge in [0.15, 0.2) is 11.5 Å². The normalized spacial score (nSPS) is 10.8. The fraction of sp³-hybridized carbons (Fsp3) is 0.200. The van der Waals surface area contributed by atoms with Crippen LogP contribution in [-0.2, 0) is 6.42 Å². The van der Waals surface area contributed by atoms with E-state index in [-0.39, 0.29) is 5.56 Å². The van der Waals surface area contributed by atoms with Crippen LogP contribution in [0.25, 0.3) is 10.8 Å². The van der Waals surface area contributed by atoms with Gasteiger partial charge in [-0.3, -0.25) is 4.79 Å². The van der Waals surface area contributed by atoms with Gasteiger partial charge in [-0.1, -0.05) is 0 Å². The van der Waals surface area contributed by atoms with E-state index >= 15 is 0 Å². The van der Waals surface area contributed by atoms with Crippen LogP contribution in [0.1, 0.15) is 11.5 Å². The van der Waals surface area contributed by atoms with Crippen LogP contribution in [0.3, 0.4) is 0 Å². The molecular weight excluding hydrogens is 272 g/mol. The summed E-state index contributed by atoms with van der Waals surface area (Å²) < 4.78 is 15.8. The van der Waals surface area contributed by atoms with Crippen LogP contribution in [0.5, 0.6) is 11.5 Å². The van der Waals surface area contributed by atoms with Crippen molar-refractivity contribution < 1.29 is 13.9 Å². The number of nitrogens with one attached hydrogen (secondary N) is 1. The van der Waals surface area contributed by atoms with Crippen LogP contribution in [-0.4, -0.2) is 24.4 Å². The van der Waals surface area contributed by atoms with Gasteiger partial charge >= 0.3 is 0 Å². The first-order valence-corrected chi connectivity index (χ1v) is 6.38. The monoisotopic (exact) mass is 286 g/mol. The Morgan fingerprint density at radius 2 is 1.90 bits per heavy atom. The molecule has 2 aromatic heterocycles. The summed E-state index contributed by atoms with van der Waals surface area (Å²) in [6, 6.07) is 7.08. The van der Waals surface area contributed by atoms with Gasteiger partial charge in [0.1, 0.15) is 5.76 Å². The second kappa shape index (κ2) is 5.32. The summed E-state index contributed by atoms with van der Waals surface area (Å²) in [7, 11) is 3.08. The van der Waals surface area contributed by atoms with Crippen molar-refractivity contribution in [2.24, 2.45) is 0 Å². The van der Waals surface area contributed by atoms with E-state index in [2.05, 4.69) is 10.2 Å². The number of methoxy groups -OCH3 is 2. The zero-order valence-corrected chi connectivity index (χ0v) is 11.7. The Balaban J connectivity index is 2.21. The zero-order valence-electron chi connectivity index (χ0n) is 11.7. The number of ether oxygens (including phenoxy) is 2. The summed E-state index contributed by atoms with van der Waals surface area (Å²) in [5.41, 5.74) is 0.439. The van der Waals surface area contributed by atoms with Gasteiger partial charge in [-0.05, 0) is 24.3 Å². The Morgan fingerprint density at radius 1 is 1.19 bits per heavy atom. The summed E-state index contributed by atoms with van der Waals surface area (Å²) in [6.45, 7) is 0. The predicted molar refractivity (Wildman–Crippen MR) is 77.0 cm³/mol. The van der Waals surface area contributed by atoms with E-state index in [4.69, 9.17) is 13.9 Å². The molecule has 3 rings (SSSR count). The van der Waals surface area contributed by atoms with Gasteiger partial charge in [0.2, 0.25) is 0 Å². The van der Waals surface area contributed by atoms with Crippen molar-refractivity contribution in [1.29, 1.82) is 0 Å². The van der Waals surface area contributed by atoms with E-state index in [0.29, 0.717) is 34.4 Å². The molecule has 0 bridgehead atoms. The quantitative estimate of drug-likeness (QED) is 0.795. The van der Waals surface area contributed by atoms with Gasteiger partial charge in [0.05, 0.1) is 38.0 Å². The number of furan rings is 1. The summed E-state index contributed by atoms with van der Waals surface area (Å²) in [6.07, 6.45) is 2.09. The van der Waals surface area contributed by atoms with E-state index < -0.39 is 0 Å². The number of aromatic nitrogens is 2. The third-order valence-electron chi connectivity index (χ3n) is 3.29. The third kappa shape index (κ3) is 2.35. The molecule has 0 fully saturated rings. The maximum Gasteiger partial charge on any atom is 0.272 e. The molecule has 3 aromatic rings. The van der Waals surface area contributed by atoms with Gasteiger partial charge < -0.3 is 13.9 Å². The maximum absolute atomic E-state index is 12.0. The lowest BCUT2D eigenvalue weighted by atomic mass is 10.1. The molecule has 2 heterocycles. The standard InChI is InChI=1S/C15H14N2O4/c1-19-13-7-10-11(8-14(13)20-2)15(18)17-16-12(10)6-9-4-3-5-21-9/h3-5,7-8H,6H2,1-2H3,(H,17,18). The number of H-pyrrole nitrogens is 1. The number of aromatic amines is 1. The molecule has 0 spiro atoms. The van der Waals surface area contributed by atoms with E-state index in [0.717, 1.165) is 5.76 Å². The highest BCUT2D eigenvalue weighted by Crippen LogP contribution is 2.32. The third-order valence-corrected chi connectivity index (χ3v) is 3.29. The van der Waals surface area contributed by atoms with Crippen molar-refractivity contribution >= 4 is 10.8 Å². The number of benzene rings is 1. The lowest BCUT2D eigenvalue weighted by Crippen LogP contribution is -2.11. The molecule has 0 atom stereocenters. The molecule has 108 valence electrons. The minimum absolute atomic E-state index is 0.269. The molecule has 0 aliphatic heterocycles. The predicted octanol–water partition coefficient (Wildman–Crippen LogP) is 2.12. The molecule has 6 heteroatoms. The molecule has 21 heavy (non-hydrogen) atoms. The SMILES string of the molecule is COc1cc2c(Cc3ccco3)n[nH]c(=O)c2cc1OC. The highest BCUT2D eigenvalue weighted by Gasteiger charge is 2.13. The first kappa shape index (κ1) is 13.2. The number of hydrogen-bond acceptors (Lipinski definition) is 5. The lowest BCUT2D eigenvalue weighted by molar-refractivity contribution is 0.356. The molecule has 1 aromatic carbocycles. The molecule has 1 N–H and O–H groups in total. The van der Waals surface area contributed by atoms with Crippen LogP contribution in [0, 0.1) is 0 Å². The fourth-order valence-electron chi connectivity index (χ4n) is 2.26. The van der Waals surface area contributed by atoms with Crippen molar-refractivity contribution in [2.75, 3.05) is 14.2 Å². The fourth-order valence-corrected chi connectivity index (χ4v) is 2.26. The van der Waals surface area contributed by atoms with Crippen molar-refractivity contribution in [3.63, 3.8) is 0 Å². The highest BCUT2D eigenvalue weighted by atomic mass is 16.5. The minimum atomic E-state index is -0.269. The van der Waals surface area contributed by atoms with Gasteiger partial charge in [-0.25, -0.2) is 5.10 Å². The van der Waals surface area contributed by atoms with Crippen LogP contribution in [0.2, 0.25) is 0 Å². The van der Waals surface area contributed by atoms with Crippen LogP contribution in [0.4, 0.5) is 0 Å².